The van der Waals surface area contributed by atoms with Crippen LogP contribution in [0.4, 0.5) is 0 Å². The van der Waals surface area contributed by atoms with Crippen LogP contribution in [0.15, 0.2) is 24.3 Å². The minimum Gasteiger partial charge on any atom is -0.310 e. The summed E-state index contributed by atoms with van der Waals surface area (Å²) in [6, 6.07) is 9.38. The molecule has 0 heterocycles. The second-order valence-electron chi connectivity index (χ2n) is 3.71. The van der Waals surface area contributed by atoms with Gasteiger partial charge in [0.15, 0.2) is 0 Å². The SMILES string of the molecule is CCc1ccc(CNC(C)C)cc1.Cl. The van der Waals surface area contributed by atoms with Crippen LogP contribution >= 0.6 is 12.4 Å². The van der Waals surface area contributed by atoms with E-state index >= 15 is 0 Å². The predicted molar refractivity (Wildman–Crippen MR) is 65.0 cm³/mol. The second kappa shape index (κ2) is 6.86. The molecule has 0 spiro atoms. The van der Waals surface area contributed by atoms with Crippen LogP contribution in [0.5, 0.6) is 0 Å². The molecule has 1 aromatic carbocycles. The van der Waals surface area contributed by atoms with Crippen molar-refractivity contribution in [1.82, 2.24) is 5.32 Å². The molecule has 2 heteroatoms. The van der Waals surface area contributed by atoms with E-state index in [1.54, 1.807) is 0 Å². The number of nitrogens with one attached hydrogen (secondary N) is 1. The van der Waals surface area contributed by atoms with Crippen LogP contribution in [0.25, 0.3) is 0 Å². The Labute approximate surface area is 93.3 Å². The molecule has 0 saturated heterocycles. The largest absolute Gasteiger partial charge is 0.310 e. The molecule has 0 atom stereocenters. The topological polar surface area (TPSA) is 12.0 Å². The van der Waals surface area contributed by atoms with Crippen molar-refractivity contribution in [2.24, 2.45) is 0 Å². The molecule has 0 radical (unpaired) electrons. The molecule has 14 heavy (non-hydrogen) atoms. The van der Waals surface area contributed by atoms with Gasteiger partial charge in [-0.3, -0.25) is 0 Å². The minimum absolute atomic E-state index is 0. The van der Waals surface area contributed by atoms with Gasteiger partial charge in [0, 0.05) is 12.6 Å². The molecule has 0 bridgehead atoms. The highest BCUT2D eigenvalue weighted by Gasteiger charge is 1.94. The predicted octanol–water partition coefficient (Wildman–Crippen LogP) is 3.17. The van der Waals surface area contributed by atoms with E-state index in [4.69, 9.17) is 0 Å². The molecule has 0 fully saturated rings. The van der Waals surface area contributed by atoms with Crippen LogP contribution in [0, 0.1) is 0 Å². The van der Waals surface area contributed by atoms with Crippen LogP contribution in [0.1, 0.15) is 31.9 Å². The van der Waals surface area contributed by atoms with Gasteiger partial charge >= 0.3 is 0 Å². The lowest BCUT2D eigenvalue weighted by atomic mass is 10.1. The van der Waals surface area contributed by atoms with Crippen LogP contribution < -0.4 is 5.32 Å². The molecule has 0 amide bonds. The molecule has 0 aliphatic carbocycles. The summed E-state index contributed by atoms with van der Waals surface area (Å²) < 4.78 is 0. The molecule has 80 valence electrons. The van der Waals surface area contributed by atoms with Crippen molar-refractivity contribution in [3.63, 3.8) is 0 Å². The van der Waals surface area contributed by atoms with Crippen LogP contribution in [-0.2, 0) is 13.0 Å². The Balaban J connectivity index is 0.00000169. The molecule has 0 aromatic heterocycles. The van der Waals surface area contributed by atoms with E-state index in [-0.39, 0.29) is 12.4 Å². The minimum atomic E-state index is 0. The lowest BCUT2D eigenvalue weighted by molar-refractivity contribution is 0.589. The first-order valence-electron chi connectivity index (χ1n) is 5.03. The molecule has 0 unspecified atom stereocenters. The summed E-state index contributed by atoms with van der Waals surface area (Å²) in [6.45, 7) is 7.49. The van der Waals surface area contributed by atoms with Crippen molar-refractivity contribution in [2.75, 3.05) is 0 Å². The highest BCUT2D eigenvalue weighted by atomic mass is 35.5. The zero-order valence-corrected chi connectivity index (χ0v) is 10.0. The van der Waals surface area contributed by atoms with Crippen molar-refractivity contribution in [3.8, 4) is 0 Å². The highest BCUT2D eigenvalue weighted by Crippen LogP contribution is 2.04. The lowest BCUT2D eigenvalue weighted by Crippen LogP contribution is -2.21. The van der Waals surface area contributed by atoms with Crippen LogP contribution in [0.3, 0.4) is 0 Å². The standard InChI is InChI=1S/C12H19N.ClH/c1-4-11-5-7-12(8-6-11)9-13-10(2)3;/h5-8,10,13H,4,9H2,1-3H3;1H. The zero-order chi connectivity index (χ0) is 9.68. The van der Waals surface area contributed by atoms with Gasteiger partial charge < -0.3 is 5.32 Å². The molecule has 0 aliphatic heterocycles. The third-order valence-corrected chi connectivity index (χ3v) is 2.15. The van der Waals surface area contributed by atoms with E-state index < -0.39 is 0 Å². The van der Waals surface area contributed by atoms with Crippen molar-refractivity contribution in [1.29, 1.82) is 0 Å². The summed E-state index contributed by atoms with van der Waals surface area (Å²) in [7, 11) is 0. The van der Waals surface area contributed by atoms with Gasteiger partial charge in [-0.1, -0.05) is 45.0 Å². The van der Waals surface area contributed by atoms with Gasteiger partial charge in [-0.25, -0.2) is 0 Å². The summed E-state index contributed by atoms with van der Waals surface area (Å²) in [5.74, 6) is 0. The molecule has 1 rings (SSSR count). The Hall–Kier alpha value is -0.530. The van der Waals surface area contributed by atoms with E-state index in [2.05, 4.69) is 50.4 Å². The maximum absolute atomic E-state index is 3.40. The molecular weight excluding hydrogens is 194 g/mol. The van der Waals surface area contributed by atoms with E-state index in [9.17, 15) is 0 Å². The number of benzene rings is 1. The number of hydrogen-bond donors (Lipinski definition) is 1. The van der Waals surface area contributed by atoms with Crippen molar-refractivity contribution >= 4 is 12.4 Å². The zero-order valence-electron chi connectivity index (χ0n) is 9.21. The quantitative estimate of drug-likeness (QED) is 0.810. The Morgan fingerprint density at radius 3 is 2.00 bits per heavy atom. The van der Waals surface area contributed by atoms with Crippen molar-refractivity contribution < 1.29 is 0 Å². The van der Waals surface area contributed by atoms with Gasteiger partial charge in [0.2, 0.25) is 0 Å². The van der Waals surface area contributed by atoms with Crippen molar-refractivity contribution in [2.45, 2.75) is 39.8 Å². The van der Waals surface area contributed by atoms with Crippen molar-refractivity contribution in [3.05, 3.63) is 35.4 Å². The average Bonchev–Trinajstić information content (AvgIpc) is 2.15. The fraction of sp³-hybridized carbons (Fsp3) is 0.500. The lowest BCUT2D eigenvalue weighted by Gasteiger charge is -2.08. The average molecular weight is 214 g/mol. The summed E-state index contributed by atoms with van der Waals surface area (Å²) in [5.41, 5.74) is 2.78. The number of rotatable bonds is 4. The van der Waals surface area contributed by atoms with Gasteiger partial charge in [0.25, 0.3) is 0 Å². The van der Waals surface area contributed by atoms with Gasteiger partial charge in [-0.2, -0.15) is 0 Å². The first-order chi connectivity index (χ1) is 6.22. The Morgan fingerprint density at radius 1 is 1.07 bits per heavy atom. The third kappa shape index (κ3) is 4.64. The maximum atomic E-state index is 3.40. The molecule has 1 aromatic rings. The third-order valence-electron chi connectivity index (χ3n) is 2.15. The fourth-order valence-electron chi connectivity index (χ4n) is 1.21. The number of halogens is 1. The van der Waals surface area contributed by atoms with Crippen LogP contribution in [0.2, 0.25) is 0 Å². The summed E-state index contributed by atoms with van der Waals surface area (Å²) >= 11 is 0. The number of aryl methyl sites for hydroxylation is 1. The normalized spacial score (nSPS) is 10.0. The molecule has 0 saturated carbocycles. The second-order valence-corrected chi connectivity index (χ2v) is 3.71. The van der Waals surface area contributed by atoms with E-state index in [0.717, 1.165) is 13.0 Å². The van der Waals surface area contributed by atoms with E-state index in [0.29, 0.717) is 6.04 Å². The van der Waals surface area contributed by atoms with Gasteiger partial charge in [0.1, 0.15) is 0 Å². The van der Waals surface area contributed by atoms with Crippen LogP contribution in [-0.4, -0.2) is 6.04 Å². The highest BCUT2D eigenvalue weighted by molar-refractivity contribution is 5.85. The fourth-order valence-corrected chi connectivity index (χ4v) is 1.21. The van der Waals surface area contributed by atoms with E-state index in [1.807, 2.05) is 0 Å². The monoisotopic (exact) mass is 213 g/mol. The molecule has 0 aliphatic rings. The Bertz CT molecular complexity index is 241. The summed E-state index contributed by atoms with van der Waals surface area (Å²) in [5, 5.41) is 3.40. The summed E-state index contributed by atoms with van der Waals surface area (Å²) in [4.78, 5) is 0. The van der Waals surface area contributed by atoms with Gasteiger partial charge in [0.05, 0.1) is 0 Å². The smallest absolute Gasteiger partial charge is 0.0207 e. The maximum Gasteiger partial charge on any atom is 0.0207 e. The number of hydrogen-bond acceptors (Lipinski definition) is 1. The Morgan fingerprint density at radius 2 is 1.57 bits per heavy atom. The first-order valence-corrected chi connectivity index (χ1v) is 5.03. The van der Waals surface area contributed by atoms with E-state index in [1.165, 1.54) is 11.1 Å². The first kappa shape index (κ1) is 13.5. The molecule has 1 N–H and O–H groups in total. The van der Waals surface area contributed by atoms with Gasteiger partial charge in [-0.15, -0.1) is 12.4 Å². The summed E-state index contributed by atoms with van der Waals surface area (Å²) in [6.07, 6.45) is 1.12. The van der Waals surface area contributed by atoms with Gasteiger partial charge in [-0.05, 0) is 17.5 Å². The molecule has 1 nitrogen and oxygen atoms in total. The Kier molecular flexibility index (Phi) is 6.60. The molecular formula is C12H20ClN.